The Morgan fingerprint density at radius 3 is 2.61 bits per heavy atom. The number of hydrogen-bond acceptors (Lipinski definition) is 8. The van der Waals surface area contributed by atoms with Crippen LogP contribution in [0.5, 0.6) is 11.5 Å². The van der Waals surface area contributed by atoms with E-state index in [-0.39, 0.29) is 17.9 Å². The lowest BCUT2D eigenvalue weighted by Gasteiger charge is -2.43. The second-order valence-corrected chi connectivity index (χ2v) is 10.7. The number of piperazine rings is 1. The van der Waals surface area contributed by atoms with Gasteiger partial charge in [0.25, 0.3) is 0 Å². The van der Waals surface area contributed by atoms with Gasteiger partial charge in [0.05, 0.1) is 47.8 Å². The first-order chi connectivity index (χ1) is 17.6. The van der Waals surface area contributed by atoms with Crippen LogP contribution in [0.4, 0.5) is 5.69 Å². The monoisotopic (exact) mass is 508 g/mol. The molecule has 2 atom stereocenters. The molecule has 0 bridgehead atoms. The van der Waals surface area contributed by atoms with Crippen LogP contribution in [0.15, 0.2) is 35.8 Å². The number of fused-ring (bicyclic) bond motifs is 1. The Hall–Kier alpha value is -2.88. The van der Waals surface area contributed by atoms with E-state index in [9.17, 15) is 4.79 Å². The lowest BCUT2D eigenvalue weighted by molar-refractivity contribution is -0.119. The molecule has 6 rings (SSSR count). The van der Waals surface area contributed by atoms with Crippen molar-refractivity contribution in [3.63, 3.8) is 0 Å². The van der Waals surface area contributed by atoms with Gasteiger partial charge in [0.1, 0.15) is 17.6 Å². The summed E-state index contributed by atoms with van der Waals surface area (Å²) in [7, 11) is 1.74. The number of aromatic nitrogens is 1. The van der Waals surface area contributed by atoms with Crippen molar-refractivity contribution >= 4 is 33.1 Å². The largest absolute Gasteiger partial charge is 0.495 e. The first-order valence-corrected chi connectivity index (χ1v) is 13.5. The number of methoxy groups -OCH3 is 1. The van der Waals surface area contributed by atoms with E-state index in [4.69, 9.17) is 14.2 Å². The van der Waals surface area contributed by atoms with Crippen molar-refractivity contribution in [1.82, 2.24) is 15.2 Å². The normalized spacial score (nSPS) is 21.9. The third kappa shape index (κ3) is 4.51. The van der Waals surface area contributed by atoms with Gasteiger partial charge in [-0.15, -0.1) is 11.3 Å². The van der Waals surface area contributed by atoms with Crippen LogP contribution in [0.25, 0.3) is 21.3 Å². The summed E-state index contributed by atoms with van der Waals surface area (Å²) in [6.45, 7) is 8.47. The van der Waals surface area contributed by atoms with Crippen LogP contribution < -0.4 is 19.7 Å². The second kappa shape index (κ2) is 9.88. The Kier molecular flexibility index (Phi) is 6.45. The molecule has 3 saturated heterocycles. The fraction of sp³-hybridized carbons (Fsp3) is 0.481. The first kappa shape index (κ1) is 23.5. The first-order valence-electron chi connectivity index (χ1n) is 12.6. The predicted molar refractivity (Wildman–Crippen MR) is 141 cm³/mol. The van der Waals surface area contributed by atoms with Crippen LogP contribution in [0, 0.1) is 5.92 Å². The number of ether oxygens (including phenoxy) is 3. The van der Waals surface area contributed by atoms with Crippen molar-refractivity contribution < 1.29 is 19.0 Å². The molecule has 3 aliphatic rings. The molecule has 4 heterocycles. The van der Waals surface area contributed by atoms with Gasteiger partial charge in [0, 0.05) is 45.1 Å². The Morgan fingerprint density at radius 2 is 1.92 bits per heavy atom. The molecule has 3 aliphatic heterocycles. The van der Waals surface area contributed by atoms with Gasteiger partial charge < -0.3 is 24.4 Å². The van der Waals surface area contributed by atoms with Crippen molar-refractivity contribution in [2.24, 2.45) is 5.92 Å². The number of carbonyl (C=O) groups excluding carboxylic acids is 1. The number of nitrogens with one attached hydrogen (secondary N) is 1. The van der Waals surface area contributed by atoms with E-state index in [1.54, 1.807) is 18.4 Å². The van der Waals surface area contributed by atoms with Crippen LogP contribution in [0.2, 0.25) is 0 Å². The quantitative estimate of drug-likeness (QED) is 0.524. The molecule has 0 saturated carbocycles. The van der Waals surface area contributed by atoms with Crippen molar-refractivity contribution in [2.75, 3.05) is 57.9 Å². The van der Waals surface area contributed by atoms with E-state index >= 15 is 0 Å². The number of thiazole rings is 1. The van der Waals surface area contributed by atoms with Crippen molar-refractivity contribution in [3.8, 4) is 22.6 Å². The Bertz CT molecular complexity index is 1250. The molecule has 2 unspecified atom stereocenters. The van der Waals surface area contributed by atoms with Crippen molar-refractivity contribution in [2.45, 2.75) is 25.5 Å². The topological polar surface area (TPSA) is 76.2 Å². The van der Waals surface area contributed by atoms with Crippen LogP contribution in [-0.2, 0) is 9.53 Å². The number of hydrogen-bond donors (Lipinski definition) is 1. The molecular weight excluding hydrogens is 476 g/mol. The van der Waals surface area contributed by atoms with Crippen molar-refractivity contribution in [1.29, 1.82) is 0 Å². The van der Waals surface area contributed by atoms with E-state index < -0.39 is 0 Å². The van der Waals surface area contributed by atoms with Crippen LogP contribution in [-0.4, -0.2) is 81.0 Å². The molecule has 0 radical (unpaired) electrons. The fourth-order valence-corrected chi connectivity index (χ4v) is 6.06. The minimum Gasteiger partial charge on any atom is -0.495 e. The molecule has 0 spiro atoms. The van der Waals surface area contributed by atoms with E-state index in [1.807, 2.05) is 12.4 Å². The Balaban J connectivity index is 1.24. The summed E-state index contributed by atoms with van der Waals surface area (Å²) in [4.78, 5) is 21.2. The maximum absolute atomic E-state index is 11.7. The van der Waals surface area contributed by atoms with E-state index in [1.165, 1.54) is 0 Å². The third-order valence-electron chi connectivity index (χ3n) is 7.69. The lowest BCUT2D eigenvalue weighted by Crippen LogP contribution is -2.56. The number of amides is 1. The third-order valence-corrected chi connectivity index (χ3v) is 8.55. The summed E-state index contributed by atoms with van der Waals surface area (Å²) in [5.74, 6) is 1.95. The van der Waals surface area contributed by atoms with Gasteiger partial charge in [-0.2, -0.15) is 0 Å². The molecule has 3 aromatic rings. The highest BCUT2D eigenvalue weighted by molar-refractivity contribution is 7.17. The van der Waals surface area contributed by atoms with Gasteiger partial charge in [-0.3, -0.25) is 9.69 Å². The summed E-state index contributed by atoms with van der Waals surface area (Å²) in [5.41, 5.74) is 6.00. The summed E-state index contributed by atoms with van der Waals surface area (Å²) in [6, 6.07) is 11.2. The average Bonchev–Trinajstić information content (AvgIpc) is 3.52. The summed E-state index contributed by atoms with van der Waals surface area (Å²) in [5, 5.41) is 2.91. The molecule has 8 nitrogen and oxygen atoms in total. The minimum atomic E-state index is -0.0772. The van der Waals surface area contributed by atoms with E-state index in [0.717, 1.165) is 77.9 Å². The summed E-state index contributed by atoms with van der Waals surface area (Å²) in [6.07, 6.45) is 0.431. The average molecular weight is 509 g/mol. The predicted octanol–water partition coefficient (Wildman–Crippen LogP) is 3.40. The molecule has 1 N–H and O–H groups in total. The molecule has 0 aliphatic carbocycles. The molecular formula is C27H32N4O4S. The highest BCUT2D eigenvalue weighted by Crippen LogP contribution is 2.39. The van der Waals surface area contributed by atoms with Gasteiger partial charge in [-0.25, -0.2) is 4.98 Å². The van der Waals surface area contributed by atoms with Crippen LogP contribution >= 0.6 is 11.3 Å². The van der Waals surface area contributed by atoms with Gasteiger partial charge in [-0.05, 0) is 42.3 Å². The van der Waals surface area contributed by atoms with Crippen LogP contribution in [0.3, 0.4) is 0 Å². The lowest BCUT2D eigenvalue weighted by atomic mass is 10.0. The zero-order valence-corrected chi connectivity index (χ0v) is 21.6. The molecule has 3 fully saturated rings. The van der Waals surface area contributed by atoms with E-state index in [2.05, 4.69) is 50.4 Å². The molecule has 9 heteroatoms. The number of rotatable bonds is 7. The standard InChI is InChI=1S/C27H32N4O4S/c1-17(20-12-26(32)28-13-20)35-25-11-19(9-22-27(25)36-16-29-22)18-3-4-23(24(10-18)33-2)31-7-5-30(6-8-31)21-14-34-15-21/h3-4,9-11,16-17,20-21H,5-8,12-15H2,1-2H3,(H,28,32). The van der Waals surface area contributed by atoms with Gasteiger partial charge in [0.15, 0.2) is 0 Å². The zero-order chi connectivity index (χ0) is 24.6. The summed E-state index contributed by atoms with van der Waals surface area (Å²) >= 11 is 1.58. The molecule has 2 aromatic carbocycles. The highest BCUT2D eigenvalue weighted by Gasteiger charge is 2.30. The van der Waals surface area contributed by atoms with Gasteiger partial charge in [0.2, 0.25) is 5.91 Å². The van der Waals surface area contributed by atoms with Crippen LogP contribution in [0.1, 0.15) is 13.3 Å². The Labute approximate surface area is 215 Å². The number of anilines is 1. The molecule has 36 heavy (non-hydrogen) atoms. The number of benzene rings is 2. The SMILES string of the molecule is COc1cc(-c2cc(OC(C)C3CNC(=O)C3)c3scnc3c2)ccc1N1CCN(C2COC2)CC1. The smallest absolute Gasteiger partial charge is 0.220 e. The molecule has 190 valence electrons. The molecule has 1 aromatic heterocycles. The van der Waals surface area contributed by atoms with Gasteiger partial charge in [-0.1, -0.05) is 6.07 Å². The highest BCUT2D eigenvalue weighted by atomic mass is 32.1. The maximum atomic E-state index is 11.7. The number of carbonyl (C=O) groups is 1. The molecule has 1 amide bonds. The fourth-order valence-electron chi connectivity index (χ4n) is 5.33. The minimum absolute atomic E-state index is 0.0772. The van der Waals surface area contributed by atoms with Gasteiger partial charge >= 0.3 is 0 Å². The van der Waals surface area contributed by atoms with Crippen molar-refractivity contribution in [3.05, 3.63) is 35.8 Å². The Morgan fingerprint density at radius 1 is 1.11 bits per heavy atom. The maximum Gasteiger partial charge on any atom is 0.220 e. The number of nitrogens with zero attached hydrogens (tertiary/aromatic N) is 3. The van der Waals surface area contributed by atoms with E-state index in [0.29, 0.717) is 19.0 Å². The summed E-state index contributed by atoms with van der Waals surface area (Å²) < 4.78 is 18.7. The zero-order valence-electron chi connectivity index (χ0n) is 20.7. The second-order valence-electron chi connectivity index (χ2n) is 9.87.